The van der Waals surface area contributed by atoms with E-state index in [0.29, 0.717) is 31.0 Å². The Hall–Kier alpha value is -2.25. The van der Waals surface area contributed by atoms with Crippen LogP contribution in [-0.4, -0.2) is 61.9 Å². The summed E-state index contributed by atoms with van der Waals surface area (Å²) in [5.74, 6) is -0.0332. The highest BCUT2D eigenvalue weighted by molar-refractivity contribution is 5.97. The molecule has 2 amide bonds. The second-order valence-corrected chi connectivity index (χ2v) is 7.08. The average Bonchev–Trinajstić information content (AvgIpc) is 2.68. The smallest absolute Gasteiger partial charge is 0.238 e. The fourth-order valence-electron chi connectivity index (χ4n) is 3.25. The predicted molar refractivity (Wildman–Crippen MR) is 108 cm³/mol. The lowest BCUT2D eigenvalue weighted by molar-refractivity contribution is -0.126. The largest absolute Gasteiger partial charge is 0.382 e. The number of ketones is 1. The molecule has 7 heteroatoms. The normalized spacial score (nSPS) is 15.2. The number of anilines is 1. The quantitative estimate of drug-likeness (QED) is 0.473. The molecule has 154 valence electrons. The summed E-state index contributed by atoms with van der Waals surface area (Å²) in [6, 6.07) is 6.93. The molecular formula is C21H31N3O4. The standard InChI is InChI=1S/C21H31N3O4/c1-3-28-13-5-10-22-21(27)17-8-11-24(12-9-17)15-20(26)23-19-7-4-6-18(14-19)16(2)25/h4,6-7,14,17H,3,5,8-13,15H2,1-2H3,(H,22,27)(H,23,26). The number of nitrogens with zero attached hydrogens (tertiary/aromatic N) is 1. The third-order valence-electron chi connectivity index (χ3n) is 4.85. The maximum atomic E-state index is 12.3. The molecule has 0 bridgehead atoms. The highest BCUT2D eigenvalue weighted by Crippen LogP contribution is 2.17. The molecule has 0 aromatic heterocycles. The number of amides is 2. The third kappa shape index (κ3) is 7.40. The zero-order valence-electron chi connectivity index (χ0n) is 16.8. The van der Waals surface area contributed by atoms with Crippen LogP contribution in [0.25, 0.3) is 0 Å². The van der Waals surface area contributed by atoms with Crippen LogP contribution in [0, 0.1) is 5.92 Å². The van der Waals surface area contributed by atoms with Gasteiger partial charge in [-0.2, -0.15) is 0 Å². The maximum Gasteiger partial charge on any atom is 0.238 e. The van der Waals surface area contributed by atoms with E-state index in [1.807, 2.05) is 6.92 Å². The monoisotopic (exact) mass is 389 g/mol. The fraction of sp³-hybridized carbons (Fsp3) is 0.571. The zero-order chi connectivity index (χ0) is 20.4. The number of likely N-dealkylation sites (tertiary alicyclic amines) is 1. The van der Waals surface area contributed by atoms with E-state index in [1.165, 1.54) is 6.92 Å². The molecule has 1 aromatic rings. The van der Waals surface area contributed by atoms with Crippen molar-refractivity contribution in [3.05, 3.63) is 29.8 Å². The number of benzene rings is 1. The molecule has 0 aliphatic carbocycles. The van der Waals surface area contributed by atoms with Crippen LogP contribution >= 0.6 is 0 Å². The number of nitrogens with one attached hydrogen (secondary N) is 2. The van der Waals surface area contributed by atoms with E-state index in [4.69, 9.17) is 4.74 Å². The van der Waals surface area contributed by atoms with Crippen molar-refractivity contribution in [1.82, 2.24) is 10.2 Å². The number of carbonyl (C=O) groups excluding carboxylic acids is 3. The minimum atomic E-state index is -0.112. The summed E-state index contributed by atoms with van der Waals surface area (Å²) in [6.07, 6.45) is 2.33. The Morgan fingerprint density at radius 2 is 1.96 bits per heavy atom. The first-order valence-electron chi connectivity index (χ1n) is 9.98. The van der Waals surface area contributed by atoms with E-state index in [-0.39, 0.29) is 30.1 Å². The van der Waals surface area contributed by atoms with Crippen LogP contribution in [0.3, 0.4) is 0 Å². The van der Waals surface area contributed by atoms with E-state index < -0.39 is 0 Å². The first-order valence-corrected chi connectivity index (χ1v) is 9.98. The van der Waals surface area contributed by atoms with Gasteiger partial charge in [0.05, 0.1) is 6.54 Å². The van der Waals surface area contributed by atoms with E-state index in [0.717, 1.165) is 32.4 Å². The molecule has 1 fully saturated rings. The molecule has 0 atom stereocenters. The van der Waals surface area contributed by atoms with Crippen LogP contribution < -0.4 is 10.6 Å². The van der Waals surface area contributed by atoms with Gasteiger partial charge in [0.1, 0.15) is 0 Å². The minimum Gasteiger partial charge on any atom is -0.382 e. The van der Waals surface area contributed by atoms with Gasteiger partial charge < -0.3 is 15.4 Å². The van der Waals surface area contributed by atoms with Gasteiger partial charge in [-0.05, 0) is 58.3 Å². The molecule has 7 nitrogen and oxygen atoms in total. The summed E-state index contributed by atoms with van der Waals surface area (Å²) in [5, 5.41) is 5.81. The number of hydrogen-bond donors (Lipinski definition) is 2. The predicted octanol–water partition coefficient (Wildman–Crippen LogP) is 2.08. The van der Waals surface area contributed by atoms with Crippen molar-refractivity contribution in [2.24, 2.45) is 5.92 Å². The van der Waals surface area contributed by atoms with Gasteiger partial charge in [0.25, 0.3) is 0 Å². The molecule has 1 aliphatic heterocycles. The fourth-order valence-corrected chi connectivity index (χ4v) is 3.25. The van der Waals surface area contributed by atoms with Crippen LogP contribution in [-0.2, 0) is 14.3 Å². The van der Waals surface area contributed by atoms with Crippen LogP contribution in [0.1, 0.15) is 43.5 Å². The third-order valence-corrected chi connectivity index (χ3v) is 4.85. The molecule has 1 aromatic carbocycles. The van der Waals surface area contributed by atoms with Gasteiger partial charge in [-0.1, -0.05) is 12.1 Å². The van der Waals surface area contributed by atoms with E-state index in [2.05, 4.69) is 15.5 Å². The molecule has 2 N–H and O–H groups in total. The number of piperidine rings is 1. The van der Waals surface area contributed by atoms with Crippen molar-refractivity contribution in [2.75, 3.05) is 44.7 Å². The molecule has 1 heterocycles. The highest BCUT2D eigenvalue weighted by atomic mass is 16.5. The van der Waals surface area contributed by atoms with Gasteiger partial charge in [-0.15, -0.1) is 0 Å². The topological polar surface area (TPSA) is 87.7 Å². The Kier molecular flexibility index (Phi) is 9.10. The summed E-state index contributed by atoms with van der Waals surface area (Å²) in [4.78, 5) is 38.0. The Morgan fingerprint density at radius 3 is 2.64 bits per heavy atom. The summed E-state index contributed by atoms with van der Waals surface area (Å²) in [5.41, 5.74) is 1.20. The second kappa shape index (κ2) is 11.6. The molecule has 0 saturated carbocycles. The molecular weight excluding hydrogens is 358 g/mol. The van der Waals surface area contributed by atoms with Crippen LogP contribution in [0.4, 0.5) is 5.69 Å². The Morgan fingerprint density at radius 1 is 1.21 bits per heavy atom. The number of ether oxygens (including phenoxy) is 1. The van der Waals surface area contributed by atoms with Crippen LogP contribution in [0.2, 0.25) is 0 Å². The SMILES string of the molecule is CCOCCCNC(=O)C1CCN(CC(=O)Nc2cccc(C(C)=O)c2)CC1. The van der Waals surface area contributed by atoms with Crippen LogP contribution in [0.5, 0.6) is 0 Å². The van der Waals surface area contributed by atoms with E-state index >= 15 is 0 Å². The van der Waals surface area contributed by atoms with Crippen molar-refractivity contribution >= 4 is 23.3 Å². The number of carbonyl (C=O) groups is 3. The number of hydrogen-bond acceptors (Lipinski definition) is 5. The van der Waals surface area contributed by atoms with Gasteiger partial charge in [-0.3, -0.25) is 19.3 Å². The summed E-state index contributed by atoms with van der Waals surface area (Å²) in [6.45, 7) is 7.18. The Labute approximate surface area is 166 Å². The van der Waals surface area contributed by atoms with Gasteiger partial charge >= 0.3 is 0 Å². The highest BCUT2D eigenvalue weighted by Gasteiger charge is 2.25. The van der Waals surface area contributed by atoms with Crippen LogP contribution in [0.15, 0.2) is 24.3 Å². The Balaban J connectivity index is 1.69. The second-order valence-electron chi connectivity index (χ2n) is 7.08. The molecule has 1 aliphatic rings. The molecule has 2 rings (SSSR count). The Bertz CT molecular complexity index is 669. The van der Waals surface area contributed by atoms with Gasteiger partial charge in [0, 0.05) is 36.9 Å². The van der Waals surface area contributed by atoms with Crippen molar-refractivity contribution in [3.8, 4) is 0 Å². The molecule has 1 saturated heterocycles. The maximum absolute atomic E-state index is 12.3. The lowest BCUT2D eigenvalue weighted by atomic mass is 9.96. The van der Waals surface area contributed by atoms with Crippen molar-refractivity contribution in [2.45, 2.75) is 33.1 Å². The minimum absolute atomic E-state index is 0.0126. The molecule has 0 radical (unpaired) electrons. The van der Waals surface area contributed by atoms with Gasteiger partial charge in [0.2, 0.25) is 11.8 Å². The summed E-state index contributed by atoms with van der Waals surface area (Å²) in [7, 11) is 0. The van der Waals surface area contributed by atoms with E-state index in [1.54, 1.807) is 24.3 Å². The molecule has 0 spiro atoms. The zero-order valence-corrected chi connectivity index (χ0v) is 16.8. The lowest BCUT2D eigenvalue weighted by Crippen LogP contribution is -2.43. The molecule has 0 unspecified atom stereocenters. The van der Waals surface area contributed by atoms with Gasteiger partial charge in [0.15, 0.2) is 5.78 Å². The van der Waals surface area contributed by atoms with Gasteiger partial charge in [-0.25, -0.2) is 0 Å². The first-order chi connectivity index (χ1) is 13.5. The van der Waals surface area contributed by atoms with Crippen molar-refractivity contribution in [1.29, 1.82) is 0 Å². The van der Waals surface area contributed by atoms with Crippen molar-refractivity contribution < 1.29 is 19.1 Å². The summed E-state index contributed by atoms with van der Waals surface area (Å²) < 4.78 is 5.26. The number of rotatable bonds is 10. The molecule has 28 heavy (non-hydrogen) atoms. The number of Topliss-reactive ketones (excluding diaryl/α,β-unsaturated/α-hetero) is 1. The summed E-state index contributed by atoms with van der Waals surface area (Å²) >= 11 is 0. The van der Waals surface area contributed by atoms with E-state index in [9.17, 15) is 14.4 Å². The first kappa shape index (κ1) is 22.0. The van der Waals surface area contributed by atoms with Crippen molar-refractivity contribution in [3.63, 3.8) is 0 Å². The lowest BCUT2D eigenvalue weighted by Gasteiger charge is -2.30. The average molecular weight is 389 g/mol.